The Balaban J connectivity index is 1.10. The summed E-state index contributed by atoms with van der Waals surface area (Å²) in [5, 5.41) is 7.57. The minimum Gasteiger partial charge on any atom is -0.310 e. The zero-order valence-electron chi connectivity index (χ0n) is 27.0. The maximum Gasteiger partial charge on any atom is 0.0468 e. The molecule has 0 aliphatic heterocycles. The Bertz CT molecular complexity index is 2480. The first-order valence-electron chi connectivity index (χ1n) is 16.5. The molecule has 1 aliphatic rings. The fraction of sp³-hybridized carbons (Fsp3) is 0.0870. The molecule has 0 saturated carbocycles. The van der Waals surface area contributed by atoms with Crippen LogP contribution in [0, 0.1) is 0 Å². The van der Waals surface area contributed by atoms with Gasteiger partial charge in [0.25, 0.3) is 0 Å². The molecule has 0 bridgehead atoms. The van der Waals surface area contributed by atoms with Gasteiger partial charge >= 0.3 is 0 Å². The number of benzene rings is 8. The summed E-state index contributed by atoms with van der Waals surface area (Å²) >= 11 is 0. The van der Waals surface area contributed by atoms with Crippen LogP contribution < -0.4 is 4.90 Å². The third kappa shape index (κ3) is 4.70. The van der Waals surface area contributed by atoms with Crippen molar-refractivity contribution in [2.45, 2.75) is 26.2 Å². The summed E-state index contributed by atoms with van der Waals surface area (Å²) in [6.07, 6.45) is 0. The highest BCUT2D eigenvalue weighted by molar-refractivity contribution is 6.12. The van der Waals surface area contributed by atoms with Crippen molar-refractivity contribution >= 4 is 49.4 Å². The molecule has 0 radical (unpaired) electrons. The molecule has 0 fully saturated rings. The summed E-state index contributed by atoms with van der Waals surface area (Å²) in [5.41, 5.74) is 12.9. The second kappa shape index (κ2) is 10.4. The van der Waals surface area contributed by atoms with E-state index in [-0.39, 0.29) is 5.41 Å². The summed E-state index contributed by atoms with van der Waals surface area (Å²) in [6, 6.07) is 58.3. The summed E-state index contributed by atoms with van der Waals surface area (Å²) < 4.78 is 0. The highest BCUT2D eigenvalue weighted by Gasteiger charge is 2.24. The predicted molar refractivity (Wildman–Crippen MR) is 202 cm³/mol. The van der Waals surface area contributed by atoms with Crippen LogP contribution in [0.15, 0.2) is 158 Å². The molecule has 0 heterocycles. The van der Waals surface area contributed by atoms with E-state index in [1.807, 2.05) is 0 Å². The number of nitrogens with zero attached hydrogens (tertiary/aromatic N) is 1. The molecule has 0 atom stereocenters. The average Bonchev–Trinajstić information content (AvgIpc) is 3.10. The van der Waals surface area contributed by atoms with Crippen LogP contribution in [0.4, 0.5) is 17.1 Å². The highest BCUT2D eigenvalue weighted by atomic mass is 15.1. The van der Waals surface area contributed by atoms with Gasteiger partial charge in [-0.1, -0.05) is 112 Å². The lowest BCUT2D eigenvalue weighted by atomic mass is 9.77. The first kappa shape index (κ1) is 27.6. The molecule has 0 N–H and O–H groups in total. The normalized spacial score (nSPS) is 12.1. The predicted octanol–water partition coefficient (Wildman–Crippen LogP) is 13.2. The third-order valence-corrected chi connectivity index (χ3v) is 9.87. The van der Waals surface area contributed by atoms with Crippen molar-refractivity contribution in [2.24, 2.45) is 0 Å². The summed E-state index contributed by atoms with van der Waals surface area (Å²) in [4.78, 5) is 2.36. The van der Waals surface area contributed by atoms with Crippen molar-refractivity contribution in [2.75, 3.05) is 4.90 Å². The fourth-order valence-corrected chi connectivity index (χ4v) is 7.23. The third-order valence-electron chi connectivity index (χ3n) is 9.87. The minimum atomic E-state index is 0.155. The van der Waals surface area contributed by atoms with Crippen LogP contribution in [0.5, 0.6) is 0 Å². The number of anilines is 3. The largest absolute Gasteiger partial charge is 0.310 e. The highest BCUT2D eigenvalue weighted by Crippen LogP contribution is 2.51. The molecule has 1 aliphatic carbocycles. The van der Waals surface area contributed by atoms with Gasteiger partial charge in [-0.2, -0.15) is 0 Å². The first-order valence-corrected chi connectivity index (χ1v) is 16.5. The number of fused-ring (bicyclic) bond motifs is 7. The monoisotopic (exact) mass is 601 g/mol. The number of hydrogen-bond donors (Lipinski definition) is 0. The van der Waals surface area contributed by atoms with E-state index in [9.17, 15) is 0 Å². The Morgan fingerprint density at radius 2 is 0.809 bits per heavy atom. The van der Waals surface area contributed by atoms with E-state index < -0.39 is 0 Å². The molecule has 0 saturated heterocycles. The van der Waals surface area contributed by atoms with Crippen LogP contribution in [0.25, 0.3) is 65.7 Å². The molecular formula is C46H35N. The molecule has 9 rings (SSSR count). The van der Waals surface area contributed by atoms with E-state index in [1.54, 1.807) is 0 Å². The maximum absolute atomic E-state index is 2.39. The van der Waals surface area contributed by atoms with Crippen molar-refractivity contribution < 1.29 is 0 Å². The van der Waals surface area contributed by atoms with E-state index in [0.717, 1.165) is 17.1 Å². The summed E-state index contributed by atoms with van der Waals surface area (Å²) in [6.45, 7) is 6.80. The van der Waals surface area contributed by atoms with E-state index in [1.165, 1.54) is 71.3 Å². The van der Waals surface area contributed by atoms with E-state index in [4.69, 9.17) is 0 Å². The van der Waals surface area contributed by atoms with Crippen LogP contribution in [0.3, 0.4) is 0 Å². The van der Waals surface area contributed by atoms with Gasteiger partial charge in [-0.15, -0.1) is 0 Å². The molecule has 8 aromatic carbocycles. The Labute approximate surface area is 276 Å². The number of hydrogen-bond acceptors (Lipinski definition) is 1. The van der Waals surface area contributed by atoms with Crippen molar-refractivity contribution in [3.63, 3.8) is 0 Å². The van der Waals surface area contributed by atoms with Crippen LogP contribution in [-0.4, -0.2) is 0 Å². The lowest BCUT2D eigenvalue weighted by Crippen LogP contribution is -2.10. The van der Waals surface area contributed by atoms with Gasteiger partial charge in [-0.05, 0) is 143 Å². The number of rotatable bonds is 4. The van der Waals surface area contributed by atoms with Gasteiger partial charge in [0.15, 0.2) is 0 Å². The molecule has 0 unspecified atom stereocenters. The van der Waals surface area contributed by atoms with Gasteiger partial charge in [0.1, 0.15) is 0 Å². The SMILES string of the molecule is CC(C)(C)c1ccc(-c2ccc3cc4c(cc3c2)-c2cc3ccc(N(c5ccccc5)c5ccc6ccccc6c5)cc3cc2-4)cc1. The van der Waals surface area contributed by atoms with Crippen LogP contribution in [0.2, 0.25) is 0 Å². The standard InChI is InChI=1S/C46H35N/c1-46(2,3)38-19-15-31(16-20-38)33-13-14-34-26-42-44(28-36(34)23-33)43-27-35-18-22-41(25-37(35)29-45(42)43)47(39-11-5-4-6-12-39)40-21-17-30-9-7-8-10-32(30)24-40/h4-29H,1-3H3. The lowest BCUT2D eigenvalue weighted by Gasteiger charge is -2.28. The Morgan fingerprint density at radius 1 is 0.340 bits per heavy atom. The fourth-order valence-electron chi connectivity index (χ4n) is 7.23. The molecule has 1 heteroatoms. The van der Waals surface area contributed by atoms with E-state index in [0.29, 0.717) is 0 Å². The van der Waals surface area contributed by atoms with Gasteiger partial charge in [-0.3, -0.25) is 0 Å². The second-order valence-electron chi connectivity index (χ2n) is 13.9. The van der Waals surface area contributed by atoms with Crippen LogP contribution in [-0.2, 0) is 5.41 Å². The summed E-state index contributed by atoms with van der Waals surface area (Å²) in [5.74, 6) is 0. The van der Waals surface area contributed by atoms with Crippen molar-refractivity contribution in [1.29, 1.82) is 0 Å². The molecule has 8 aromatic rings. The molecule has 1 nitrogen and oxygen atoms in total. The van der Waals surface area contributed by atoms with Gasteiger partial charge in [-0.25, -0.2) is 0 Å². The Morgan fingerprint density at radius 3 is 1.45 bits per heavy atom. The minimum absolute atomic E-state index is 0.155. The van der Waals surface area contributed by atoms with Gasteiger partial charge in [0, 0.05) is 17.1 Å². The molecule has 47 heavy (non-hydrogen) atoms. The Kier molecular flexibility index (Phi) is 6.14. The van der Waals surface area contributed by atoms with Crippen molar-refractivity contribution in [3.8, 4) is 33.4 Å². The van der Waals surface area contributed by atoms with Crippen LogP contribution >= 0.6 is 0 Å². The molecule has 0 amide bonds. The molecular weight excluding hydrogens is 567 g/mol. The van der Waals surface area contributed by atoms with Crippen molar-refractivity contribution in [1.82, 2.24) is 0 Å². The lowest BCUT2D eigenvalue weighted by molar-refractivity contribution is 0.590. The zero-order valence-corrected chi connectivity index (χ0v) is 27.0. The smallest absolute Gasteiger partial charge is 0.0468 e. The van der Waals surface area contributed by atoms with Gasteiger partial charge < -0.3 is 4.90 Å². The van der Waals surface area contributed by atoms with Crippen molar-refractivity contribution in [3.05, 3.63) is 163 Å². The summed E-state index contributed by atoms with van der Waals surface area (Å²) in [7, 11) is 0. The van der Waals surface area contributed by atoms with Gasteiger partial charge in [0.2, 0.25) is 0 Å². The molecule has 0 aromatic heterocycles. The Hall–Kier alpha value is -5.66. The number of para-hydroxylation sites is 1. The van der Waals surface area contributed by atoms with Crippen LogP contribution in [0.1, 0.15) is 26.3 Å². The zero-order chi connectivity index (χ0) is 31.7. The average molecular weight is 602 g/mol. The maximum atomic E-state index is 2.39. The first-order chi connectivity index (χ1) is 22.9. The van der Waals surface area contributed by atoms with Gasteiger partial charge in [0.05, 0.1) is 0 Å². The van der Waals surface area contributed by atoms with E-state index in [2.05, 4.69) is 183 Å². The second-order valence-corrected chi connectivity index (χ2v) is 13.9. The topological polar surface area (TPSA) is 3.24 Å². The molecule has 0 spiro atoms. The molecule has 224 valence electrons. The quantitative estimate of drug-likeness (QED) is 0.194. The van der Waals surface area contributed by atoms with E-state index >= 15 is 0 Å².